The quantitative estimate of drug-likeness (QED) is 0.238. The molecular formula is C35H31ClF3N11O4. The Morgan fingerprint density at radius 2 is 1.87 bits per heavy atom. The van der Waals surface area contributed by atoms with Crippen LogP contribution < -0.4 is 15.8 Å². The van der Waals surface area contributed by atoms with Gasteiger partial charge in [0.15, 0.2) is 17.3 Å². The first-order valence-electron chi connectivity index (χ1n) is 17.0. The Balaban J connectivity index is 1.20. The van der Waals surface area contributed by atoms with Crippen LogP contribution in [0.4, 0.5) is 24.5 Å². The molecule has 278 valence electrons. The summed E-state index contributed by atoms with van der Waals surface area (Å²) in [5.74, 6) is -1.07. The molecule has 6 aromatic rings. The van der Waals surface area contributed by atoms with Crippen LogP contribution in [0, 0.1) is 6.92 Å². The van der Waals surface area contributed by atoms with Gasteiger partial charge in [0.25, 0.3) is 11.5 Å². The predicted molar refractivity (Wildman–Crippen MR) is 190 cm³/mol. The van der Waals surface area contributed by atoms with E-state index >= 15 is 0 Å². The molecule has 1 saturated heterocycles. The molecule has 2 atom stereocenters. The molecule has 6 heterocycles. The van der Waals surface area contributed by atoms with Crippen molar-refractivity contribution in [3.8, 4) is 17.1 Å². The number of carbonyl (C=O) groups excluding carboxylic acids is 2. The summed E-state index contributed by atoms with van der Waals surface area (Å²) < 4.78 is 44.2. The number of hydrogen-bond acceptors (Lipinski definition) is 10. The SMILES string of the molecule is CCc1c(N2CCN(C(=O)c3ncnc(C)c3O)[C@H]3CC[C@@H]32)c(=O)n2nc(-c3ccn4nccc4c3)nc2n1CC(=O)Nc1ccc(C(F)(F)F)cc1Cl. The summed E-state index contributed by atoms with van der Waals surface area (Å²) in [7, 11) is 0. The van der Waals surface area contributed by atoms with Crippen molar-refractivity contribution in [1.82, 2.24) is 43.6 Å². The number of rotatable bonds is 7. The number of alkyl halides is 3. The van der Waals surface area contributed by atoms with E-state index in [2.05, 4.69) is 25.5 Å². The maximum Gasteiger partial charge on any atom is 0.416 e. The number of nitrogens with one attached hydrogen (secondary N) is 1. The van der Waals surface area contributed by atoms with Crippen LogP contribution in [-0.2, 0) is 23.9 Å². The molecule has 2 fully saturated rings. The number of anilines is 2. The van der Waals surface area contributed by atoms with E-state index in [0.717, 1.165) is 28.2 Å². The Bertz CT molecular complexity index is 2550. The van der Waals surface area contributed by atoms with E-state index in [9.17, 15) is 32.7 Å². The van der Waals surface area contributed by atoms with Gasteiger partial charge in [-0.15, -0.1) is 5.10 Å². The number of amides is 2. The highest BCUT2D eigenvalue weighted by atomic mass is 35.5. The van der Waals surface area contributed by atoms with Gasteiger partial charge in [0.05, 0.1) is 39.2 Å². The Morgan fingerprint density at radius 3 is 2.59 bits per heavy atom. The lowest BCUT2D eigenvalue weighted by atomic mass is 9.81. The average molecular weight is 762 g/mol. The zero-order valence-electron chi connectivity index (χ0n) is 28.7. The van der Waals surface area contributed by atoms with Gasteiger partial charge in [0, 0.05) is 37.1 Å². The summed E-state index contributed by atoms with van der Waals surface area (Å²) in [4.78, 5) is 58.2. The van der Waals surface area contributed by atoms with E-state index in [1.54, 1.807) is 45.4 Å². The van der Waals surface area contributed by atoms with Crippen LogP contribution >= 0.6 is 11.6 Å². The molecule has 0 bridgehead atoms. The molecule has 2 N–H and O–H groups in total. The van der Waals surface area contributed by atoms with Crippen molar-refractivity contribution in [3.05, 3.63) is 93.1 Å². The number of carbonyl (C=O) groups is 2. The molecule has 54 heavy (non-hydrogen) atoms. The van der Waals surface area contributed by atoms with Crippen LogP contribution in [-0.4, -0.2) is 85.7 Å². The maximum absolute atomic E-state index is 14.6. The zero-order valence-corrected chi connectivity index (χ0v) is 29.5. The molecule has 1 saturated carbocycles. The van der Waals surface area contributed by atoms with Crippen LogP contribution in [0.25, 0.3) is 22.7 Å². The molecule has 19 heteroatoms. The van der Waals surface area contributed by atoms with Gasteiger partial charge in [-0.1, -0.05) is 18.5 Å². The zero-order chi connectivity index (χ0) is 38.1. The van der Waals surface area contributed by atoms with Gasteiger partial charge in [-0.2, -0.15) is 27.8 Å². The number of hydrogen-bond donors (Lipinski definition) is 2. The van der Waals surface area contributed by atoms with Gasteiger partial charge < -0.3 is 24.8 Å². The number of nitrogens with zero attached hydrogens (tertiary/aromatic N) is 10. The van der Waals surface area contributed by atoms with Crippen LogP contribution in [0.3, 0.4) is 0 Å². The molecule has 15 nitrogen and oxygen atoms in total. The second kappa shape index (κ2) is 13.1. The second-order valence-corrected chi connectivity index (χ2v) is 13.5. The van der Waals surface area contributed by atoms with Gasteiger partial charge in [-0.05, 0) is 62.6 Å². The van der Waals surface area contributed by atoms with E-state index in [4.69, 9.17) is 16.6 Å². The van der Waals surface area contributed by atoms with Crippen LogP contribution in [0.5, 0.6) is 5.75 Å². The third-order valence-corrected chi connectivity index (χ3v) is 10.3. The molecule has 0 spiro atoms. The number of aryl methyl sites for hydroxylation is 1. The number of halogens is 4. The Labute approximate surface area is 308 Å². The largest absolute Gasteiger partial charge is 0.504 e. The van der Waals surface area contributed by atoms with Crippen molar-refractivity contribution in [2.75, 3.05) is 23.3 Å². The number of piperazine rings is 1. The first kappa shape index (κ1) is 35.0. The molecule has 2 amide bonds. The average Bonchev–Trinajstić information content (AvgIpc) is 3.79. The lowest BCUT2D eigenvalue weighted by molar-refractivity contribution is -0.137. The third kappa shape index (κ3) is 5.86. The Hall–Kier alpha value is -6.04. The summed E-state index contributed by atoms with van der Waals surface area (Å²) in [6.07, 6.45) is 1.56. The van der Waals surface area contributed by atoms with Gasteiger partial charge in [0.2, 0.25) is 11.7 Å². The number of benzene rings is 1. The first-order valence-corrected chi connectivity index (χ1v) is 17.4. The van der Waals surface area contributed by atoms with Crippen LogP contribution in [0.15, 0.2) is 59.9 Å². The highest BCUT2D eigenvalue weighted by molar-refractivity contribution is 6.33. The highest BCUT2D eigenvalue weighted by Gasteiger charge is 2.47. The molecule has 1 aromatic carbocycles. The van der Waals surface area contributed by atoms with Gasteiger partial charge in [-0.25, -0.2) is 14.5 Å². The lowest BCUT2D eigenvalue weighted by Crippen LogP contribution is -2.67. The normalized spacial score (nSPS) is 17.1. The van der Waals surface area contributed by atoms with Crippen LogP contribution in [0.1, 0.15) is 47.2 Å². The number of aromatic nitrogens is 8. The fourth-order valence-corrected chi connectivity index (χ4v) is 7.47. The van der Waals surface area contributed by atoms with Gasteiger partial charge in [-0.3, -0.25) is 14.4 Å². The minimum atomic E-state index is -4.62. The summed E-state index contributed by atoms with van der Waals surface area (Å²) in [5, 5.41) is 21.7. The topological polar surface area (TPSA) is 168 Å². The van der Waals surface area contributed by atoms with Crippen molar-refractivity contribution < 1.29 is 27.9 Å². The fourth-order valence-electron chi connectivity index (χ4n) is 7.24. The smallest absolute Gasteiger partial charge is 0.416 e. The molecular weight excluding hydrogens is 731 g/mol. The van der Waals surface area contributed by atoms with E-state index in [1.807, 2.05) is 17.9 Å². The summed E-state index contributed by atoms with van der Waals surface area (Å²) >= 11 is 6.16. The molecule has 0 unspecified atom stereocenters. The number of fused-ring (bicyclic) bond motifs is 3. The summed E-state index contributed by atoms with van der Waals surface area (Å²) in [6, 6.07) is 7.42. The number of pyridine rings is 1. The lowest BCUT2D eigenvalue weighted by Gasteiger charge is -2.54. The van der Waals surface area contributed by atoms with Gasteiger partial charge >= 0.3 is 6.18 Å². The minimum absolute atomic E-state index is 0.0238. The predicted octanol–water partition coefficient (Wildman–Crippen LogP) is 4.38. The Morgan fingerprint density at radius 1 is 1.07 bits per heavy atom. The minimum Gasteiger partial charge on any atom is -0.504 e. The molecule has 5 aromatic heterocycles. The monoisotopic (exact) mass is 761 g/mol. The van der Waals surface area contributed by atoms with Crippen molar-refractivity contribution in [1.29, 1.82) is 0 Å². The van der Waals surface area contributed by atoms with E-state index in [1.165, 1.54) is 6.33 Å². The maximum atomic E-state index is 14.6. The van der Waals surface area contributed by atoms with E-state index < -0.39 is 35.7 Å². The fraction of sp³-hybridized carbons (Fsp3) is 0.314. The van der Waals surface area contributed by atoms with Crippen molar-refractivity contribution in [3.63, 3.8) is 0 Å². The Kier molecular flexibility index (Phi) is 8.51. The van der Waals surface area contributed by atoms with E-state index in [-0.39, 0.29) is 76.7 Å². The van der Waals surface area contributed by atoms with Crippen LogP contribution in [0.2, 0.25) is 5.02 Å². The molecule has 1 aliphatic heterocycles. The second-order valence-electron chi connectivity index (χ2n) is 13.1. The van der Waals surface area contributed by atoms with Crippen molar-refractivity contribution in [2.24, 2.45) is 0 Å². The number of aromatic hydroxyl groups is 1. The third-order valence-electron chi connectivity index (χ3n) is 10.0. The standard InChI is InChI=1S/C35H31ClF3N11O4/c1-3-24-29(46-12-13-47(26-7-6-25(26)46)32(53)28-30(52)18(2)40-17-41-28)33(54)50-34(44-31(45-50)19-9-11-49-21(14-19)8-10-42-49)48(24)16-27(51)43-23-5-4-20(15-22(23)36)35(37,38)39/h4-5,8-11,14-15,17,25-26,52H,3,6-7,12-13,16H2,1-2H3,(H,43,51)/t25-,26-/m0/s1. The van der Waals surface area contributed by atoms with Crippen molar-refractivity contribution >= 4 is 46.1 Å². The summed E-state index contributed by atoms with van der Waals surface area (Å²) in [6.45, 7) is 3.48. The first-order chi connectivity index (χ1) is 25.8. The molecule has 8 rings (SSSR count). The molecule has 1 aliphatic carbocycles. The van der Waals surface area contributed by atoms with E-state index in [0.29, 0.717) is 24.1 Å². The van der Waals surface area contributed by atoms with Gasteiger partial charge in [0.1, 0.15) is 18.6 Å². The summed E-state index contributed by atoms with van der Waals surface area (Å²) in [5.41, 5.74) is 0.841. The molecule has 2 aliphatic rings. The van der Waals surface area contributed by atoms with Crippen molar-refractivity contribution in [2.45, 2.75) is 57.9 Å². The highest BCUT2D eigenvalue weighted by Crippen LogP contribution is 2.39. The molecule has 0 radical (unpaired) electrons.